The monoisotopic (exact) mass is 201 g/mol. The zero-order valence-corrected chi connectivity index (χ0v) is 9.41. The summed E-state index contributed by atoms with van der Waals surface area (Å²) in [5, 5.41) is 27.3. The Morgan fingerprint density at radius 2 is 1.67 bits per heavy atom. The van der Waals surface area contributed by atoms with Crippen molar-refractivity contribution in [2.24, 2.45) is 16.7 Å². The second-order valence-corrected chi connectivity index (χ2v) is 4.62. The highest BCUT2D eigenvalue weighted by Crippen LogP contribution is 2.41. The van der Waals surface area contributed by atoms with Crippen LogP contribution in [0.2, 0.25) is 0 Å². The Balaban J connectivity index is 5.46. The summed E-state index contributed by atoms with van der Waals surface area (Å²) in [6.45, 7) is 9.09. The molecule has 0 aliphatic rings. The van der Waals surface area contributed by atoms with Gasteiger partial charge in [-0.1, -0.05) is 26.8 Å². The number of nitrogens with zero attached hydrogens (tertiary/aromatic N) is 3. The molecule has 0 aromatic heterocycles. The normalized spacial score (nSPS) is 13.1. The van der Waals surface area contributed by atoms with Gasteiger partial charge < -0.3 is 0 Å². The highest BCUT2D eigenvalue weighted by Gasteiger charge is 2.45. The molecular weight excluding hydrogens is 186 g/mol. The molecule has 78 valence electrons. The van der Waals surface area contributed by atoms with Gasteiger partial charge in [0.15, 0.2) is 5.41 Å². The first kappa shape index (κ1) is 13.2. The molecule has 0 fully saturated rings. The van der Waals surface area contributed by atoms with E-state index in [0.717, 1.165) is 0 Å². The van der Waals surface area contributed by atoms with Gasteiger partial charge in [0.05, 0.1) is 24.1 Å². The molecule has 0 heterocycles. The van der Waals surface area contributed by atoms with Crippen LogP contribution in [-0.2, 0) is 0 Å². The van der Waals surface area contributed by atoms with E-state index in [1.807, 2.05) is 32.9 Å². The Hall–Kier alpha value is -1.79. The highest BCUT2D eigenvalue weighted by atomic mass is 14.5. The molecule has 0 saturated heterocycles. The van der Waals surface area contributed by atoms with E-state index in [2.05, 4.69) is 12.6 Å². The van der Waals surface area contributed by atoms with Crippen LogP contribution in [0.4, 0.5) is 0 Å². The van der Waals surface area contributed by atoms with E-state index in [-0.39, 0.29) is 6.42 Å². The second-order valence-electron chi connectivity index (χ2n) is 4.62. The van der Waals surface area contributed by atoms with Gasteiger partial charge in [0.1, 0.15) is 0 Å². The van der Waals surface area contributed by atoms with Crippen molar-refractivity contribution in [3.05, 3.63) is 12.7 Å². The van der Waals surface area contributed by atoms with Gasteiger partial charge in [-0.3, -0.25) is 0 Å². The van der Waals surface area contributed by atoms with Crippen LogP contribution in [0.25, 0.3) is 0 Å². The average Bonchev–Trinajstić information content (AvgIpc) is 2.15. The summed E-state index contributed by atoms with van der Waals surface area (Å²) in [6, 6.07) is 6.01. The first-order chi connectivity index (χ1) is 6.87. The Labute approximate surface area is 91.2 Å². The lowest BCUT2D eigenvalue weighted by atomic mass is 9.64. The van der Waals surface area contributed by atoms with Gasteiger partial charge in [-0.05, 0) is 11.8 Å². The van der Waals surface area contributed by atoms with Gasteiger partial charge in [0.2, 0.25) is 0 Å². The minimum Gasteiger partial charge on any atom is -0.198 e. The van der Waals surface area contributed by atoms with Crippen molar-refractivity contribution in [3.8, 4) is 18.2 Å². The van der Waals surface area contributed by atoms with Gasteiger partial charge in [-0.25, -0.2) is 0 Å². The van der Waals surface area contributed by atoms with Gasteiger partial charge >= 0.3 is 0 Å². The van der Waals surface area contributed by atoms with Crippen LogP contribution in [0.5, 0.6) is 0 Å². The second kappa shape index (κ2) is 4.63. The quantitative estimate of drug-likeness (QED) is 0.659. The maximum atomic E-state index is 9.10. The third kappa shape index (κ3) is 2.58. The van der Waals surface area contributed by atoms with Crippen LogP contribution in [0.3, 0.4) is 0 Å². The number of nitriles is 3. The third-order valence-corrected chi connectivity index (χ3v) is 2.35. The van der Waals surface area contributed by atoms with Gasteiger partial charge in [-0.2, -0.15) is 15.8 Å². The molecule has 0 bridgehead atoms. The van der Waals surface area contributed by atoms with Crippen LogP contribution < -0.4 is 0 Å². The Kier molecular flexibility index (Phi) is 4.07. The fraction of sp³-hybridized carbons (Fsp3) is 0.583. The third-order valence-electron chi connectivity index (χ3n) is 2.35. The van der Waals surface area contributed by atoms with E-state index in [1.165, 1.54) is 6.08 Å². The molecular formula is C12H15N3. The zero-order valence-electron chi connectivity index (χ0n) is 9.41. The van der Waals surface area contributed by atoms with Gasteiger partial charge in [0, 0.05) is 0 Å². The minimum absolute atomic E-state index is 0.218. The lowest BCUT2D eigenvalue weighted by Gasteiger charge is -2.32. The summed E-state index contributed by atoms with van der Waals surface area (Å²) in [6.07, 6.45) is 1.73. The molecule has 0 aliphatic carbocycles. The lowest BCUT2D eigenvalue weighted by molar-refractivity contribution is 0.202. The SMILES string of the molecule is C=CCC(C#N)(C#N)C(C#N)C(C)(C)C. The van der Waals surface area contributed by atoms with Gasteiger partial charge in [-0.15, -0.1) is 6.58 Å². The molecule has 0 aromatic carbocycles. The van der Waals surface area contributed by atoms with Crippen molar-refractivity contribution in [1.29, 1.82) is 15.8 Å². The van der Waals surface area contributed by atoms with E-state index >= 15 is 0 Å². The largest absolute Gasteiger partial charge is 0.198 e. The molecule has 0 amide bonds. The molecule has 0 spiro atoms. The molecule has 0 rings (SSSR count). The Morgan fingerprint density at radius 3 is 1.87 bits per heavy atom. The molecule has 1 atom stereocenters. The standard InChI is InChI=1S/C12H15N3/c1-5-6-12(8-14,9-15)10(7-13)11(2,3)4/h5,10H,1,6H2,2-4H3. The van der Waals surface area contributed by atoms with Crippen molar-refractivity contribution in [1.82, 2.24) is 0 Å². The minimum atomic E-state index is -1.28. The van der Waals surface area contributed by atoms with Crippen molar-refractivity contribution < 1.29 is 0 Å². The van der Waals surface area contributed by atoms with E-state index in [1.54, 1.807) is 0 Å². The lowest BCUT2D eigenvalue weighted by Crippen LogP contribution is -2.35. The molecule has 0 N–H and O–H groups in total. The van der Waals surface area contributed by atoms with Crippen LogP contribution in [0.15, 0.2) is 12.7 Å². The van der Waals surface area contributed by atoms with Crippen molar-refractivity contribution in [3.63, 3.8) is 0 Å². The summed E-state index contributed by atoms with van der Waals surface area (Å²) in [5.41, 5.74) is -1.68. The predicted octanol–water partition coefficient (Wildman–Crippen LogP) is 2.78. The summed E-state index contributed by atoms with van der Waals surface area (Å²) in [4.78, 5) is 0. The van der Waals surface area contributed by atoms with E-state index in [9.17, 15) is 0 Å². The van der Waals surface area contributed by atoms with Crippen LogP contribution >= 0.6 is 0 Å². The maximum absolute atomic E-state index is 9.10. The summed E-state index contributed by atoms with van der Waals surface area (Å²) in [5.74, 6) is -0.627. The summed E-state index contributed by atoms with van der Waals surface area (Å²) < 4.78 is 0. The number of hydrogen-bond acceptors (Lipinski definition) is 3. The number of allylic oxidation sites excluding steroid dienone is 1. The van der Waals surface area contributed by atoms with E-state index in [4.69, 9.17) is 15.8 Å². The molecule has 0 saturated carbocycles. The molecule has 0 aromatic rings. The fourth-order valence-electron chi connectivity index (χ4n) is 1.63. The fourth-order valence-corrected chi connectivity index (χ4v) is 1.63. The van der Waals surface area contributed by atoms with Crippen LogP contribution in [0.1, 0.15) is 27.2 Å². The average molecular weight is 201 g/mol. The van der Waals surface area contributed by atoms with E-state index in [0.29, 0.717) is 0 Å². The van der Waals surface area contributed by atoms with Crippen LogP contribution in [0, 0.1) is 50.7 Å². The molecule has 0 radical (unpaired) electrons. The number of rotatable bonds is 3. The Morgan fingerprint density at radius 1 is 1.20 bits per heavy atom. The van der Waals surface area contributed by atoms with E-state index < -0.39 is 16.7 Å². The maximum Gasteiger partial charge on any atom is 0.163 e. The first-order valence-electron chi connectivity index (χ1n) is 4.71. The molecule has 1 unspecified atom stereocenters. The predicted molar refractivity (Wildman–Crippen MR) is 57.0 cm³/mol. The first-order valence-corrected chi connectivity index (χ1v) is 4.71. The van der Waals surface area contributed by atoms with Crippen molar-refractivity contribution in [2.45, 2.75) is 27.2 Å². The van der Waals surface area contributed by atoms with Gasteiger partial charge in [0.25, 0.3) is 0 Å². The van der Waals surface area contributed by atoms with Crippen LogP contribution in [-0.4, -0.2) is 0 Å². The van der Waals surface area contributed by atoms with Crippen molar-refractivity contribution in [2.75, 3.05) is 0 Å². The molecule has 3 heteroatoms. The van der Waals surface area contributed by atoms with Crippen molar-refractivity contribution >= 4 is 0 Å². The zero-order chi connectivity index (χ0) is 12.1. The molecule has 0 aliphatic heterocycles. The highest BCUT2D eigenvalue weighted by molar-refractivity contribution is 5.24. The summed E-state index contributed by atoms with van der Waals surface area (Å²) >= 11 is 0. The number of hydrogen-bond donors (Lipinski definition) is 0. The molecule has 15 heavy (non-hydrogen) atoms. The smallest absolute Gasteiger partial charge is 0.163 e. The molecule has 3 nitrogen and oxygen atoms in total. The topological polar surface area (TPSA) is 71.4 Å². The summed E-state index contributed by atoms with van der Waals surface area (Å²) in [7, 11) is 0. The Bertz CT molecular complexity index is 340.